The highest BCUT2D eigenvalue weighted by Gasteiger charge is 2.32. The molecule has 1 amide bonds. The van der Waals surface area contributed by atoms with Crippen molar-refractivity contribution in [2.24, 2.45) is 0 Å². The highest BCUT2D eigenvalue weighted by molar-refractivity contribution is 7.98. The second-order valence-corrected chi connectivity index (χ2v) is 4.87. The Balaban J connectivity index is 2.10. The quantitative estimate of drug-likeness (QED) is 0.805. The van der Waals surface area contributed by atoms with Crippen LogP contribution in [0.4, 0.5) is 0 Å². The zero-order valence-electron chi connectivity index (χ0n) is 9.80. The zero-order chi connectivity index (χ0) is 12.3. The van der Waals surface area contributed by atoms with Crippen molar-refractivity contribution in [3.05, 3.63) is 23.9 Å². The van der Waals surface area contributed by atoms with Crippen LogP contribution in [0.15, 0.2) is 23.4 Å². The molecule has 5 heteroatoms. The Morgan fingerprint density at radius 2 is 2.35 bits per heavy atom. The minimum Gasteiger partial charge on any atom is -0.395 e. The number of amides is 1. The number of nitrogens with zero attached hydrogens (tertiary/aromatic N) is 2. The van der Waals surface area contributed by atoms with Crippen molar-refractivity contribution in [2.45, 2.75) is 23.9 Å². The lowest BCUT2D eigenvalue weighted by Crippen LogP contribution is -2.35. The summed E-state index contributed by atoms with van der Waals surface area (Å²) in [5.74, 6) is -0.0262. The van der Waals surface area contributed by atoms with Crippen LogP contribution in [0, 0.1) is 0 Å². The lowest BCUT2D eigenvalue weighted by Gasteiger charge is -2.21. The Kier molecular flexibility index (Phi) is 4.02. The predicted octanol–water partition coefficient (Wildman–Crippen LogP) is 1.40. The Morgan fingerprint density at radius 3 is 2.82 bits per heavy atom. The van der Waals surface area contributed by atoms with Gasteiger partial charge in [0.2, 0.25) is 0 Å². The summed E-state index contributed by atoms with van der Waals surface area (Å²) in [5.41, 5.74) is 0.600. The third-order valence-corrected chi connectivity index (χ3v) is 3.44. The molecule has 1 saturated carbocycles. The van der Waals surface area contributed by atoms with E-state index < -0.39 is 0 Å². The Hall–Kier alpha value is -1.07. The van der Waals surface area contributed by atoms with Crippen LogP contribution in [0.25, 0.3) is 0 Å². The number of thioether (sulfide) groups is 1. The fourth-order valence-electron chi connectivity index (χ4n) is 1.74. The van der Waals surface area contributed by atoms with Gasteiger partial charge in [-0.1, -0.05) is 0 Å². The number of rotatable bonds is 5. The molecular weight excluding hydrogens is 236 g/mol. The summed E-state index contributed by atoms with van der Waals surface area (Å²) in [7, 11) is 0. The van der Waals surface area contributed by atoms with Crippen molar-refractivity contribution in [3.63, 3.8) is 0 Å². The largest absolute Gasteiger partial charge is 0.395 e. The molecule has 0 atom stereocenters. The van der Waals surface area contributed by atoms with Gasteiger partial charge < -0.3 is 10.0 Å². The lowest BCUT2D eigenvalue weighted by molar-refractivity contribution is 0.0707. The van der Waals surface area contributed by atoms with Gasteiger partial charge in [-0.3, -0.25) is 4.79 Å². The van der Waals surface area contributed by atoms with Crippen molar-refractivity contribution in [1.82, 2.24) is 9.88 Å². The first-order valence-electron chi connectivity index (χ1n) is 5.68. The van der Waals surface area contributed by atoms with Crippen molar-refractivity contribution >= 4 is 17.7 Å². The molecule has 1 N–H and O–H groups in total. The van der Waals surface area contributed by atoms with Crippen LogP contribution >= 0.6 is 11.8 Å². The monoisotopic (exact) mass is 252 g/mol. The average Bonchev–Trinajstić information content (AvgIpc) is 3.19. The molecule has 0 radical (unpaired) electrons. The average molecular weight is 252 g/mol. The summed E-state index contributed by atoms with van der Waals surface area (Å²) >= 11 is 1.55. The molecule has 4 nitrogen and oxygen atoms in total. The van der Waals surface area contributed by atoms with Gasteiger partial charge in [-0.25, -0.2) is 4.98 Å². The van der Waals surface area contributed by atoms with Crippen LogP contribution in [0.2, 0.25) is 0 Å². The SMILES string of the molecule is CSc1ccc(C(=O)N(CCO)C2CC2)cn1. The number of carbonyl (C=O) groups is 1. The van der Waals surface area contributed by atoms with Gasteiger partial charge in [-0.05, 0) is 31.2 Å². The summed E-state index contributed by atoms with van der Waals surface area (Å²) in [6, 6.07) is 3.96. The van der Waals surface area contributed by atoms with E-state index in [1.165, 1.54) is 0 Å². The number of aromatic nitrogens is 1. The highest BCUT2D eigenvalue weighted by atomic mass is 32.2. The van der Waals surface area contributed by atoms with Gasteiger partial charge >= 0.3 is 0 Å². The van der Waals surface area contributed by atoms with E-state index in [0.29, 0.717) is 18.2 Å². The van der Waals surface area contributed by atoms with Crippen LogP contribution in [0.1, 0.15) is 23.2 Å². The first-order chi connectivity index (χ1) is 8.26. The van der Waals surface area contributed by atoms with Crippen LogP contribution in [0.5, 0.6) is 0 Å². The van der Waals surface area contributed by atoms with Crippen molar-refractivity contribution in [2.75, 3.05) is 19.4 Å². The van der Waals surface area contributed by atoms with Gasteiger partial charge in [0, 0.05) is 18.8 Å². The highest BCUT2D eigenvalue weighted by Crippen LogP contribution is 2.28. The fraction of sp³-hybridized carbons (Fsp3) is 0.500. The minimum atomic E-state index is -0.0262. The Bertz CT molecular complexity index is 390. The molecule has 1 heterocycles. The van der Waals surface area contributed by atoms with Crippen molar-refractivity contribution < 1.29 is 9.90 Å². The van der Waals surface area contributed by atoms with Crippen LogP contribution < -0.4 is 0 Å². The molecule has 0 bridgehead atoms. The topological polar surface area (TPSA) is 53.4 Å². The van der Waals surface area contributed by atoms with Gasteiger partial charge in [-0.2, -0.15) is 0 Å². The molecule has 1 aromatic rings. The van der Waals surface area contributed by atoms with E-state index in [0.717, 1.165) is 17.9 Å². The van der Waals surface area contributed by atoms with Crippen LogP contribution in [-0.2, 0) is 0 Å². The maximum absolute atomic E-state index is 12.2. The number of carbonyl (C=O) groups excluding carboxylic acids is 1. The third kappa shape index (κ3) is 2.98. The smallest absolute Gasteiger partial charge is 0.255 e. The van der Waals surface area contributed by atoms with Gasteiger partial charge in [0.15, 0.2) is 0 Å². The molecule has 1 aliphatic carbocycles. The predicted molar refractivity (Wildman–Crippen MR) is 67.2 cm³/mol. The standard InChI is InChI=1S/C12H16N2O2S/c1-17-11-5-2-9(8-13-11)12(16)14(6-7-15)10-3-4-10/h2,5,8,10,15H,3-4,6-7H2,1H3. The number of aliphatic hydroxyl groups is 1. The minimum absolute atomic E-state index is 0.0125. The molecule has 0 unspecified atom stereocenters. The molecule has 92 valence electrons. The van der Waals surface area contributed by atoms with Gasteiger partial charge in [0.25, 0.3) is 5.91 Å². The molecule has 0 aliphatic heterocycles. The van der Waals surface area contributed by atoms with E-state index in [4.69, 9.17) is 5.11 Å². The Morgan fingerprint density at radius 1 is 1.59 bits per heavy atom. The maximum Gasteiger partial charge on any atom is 0.255 e. The summed E-state index contributed by atoms with van der Waals surface area (Å²) in [6.45, 7) is 0.423. The van der Waals surface area contributed by atoms with E-state index in [9.17, 15) is 4.79 Å². The van der Waals surface area contributed by atoms with Crippen LogP contribution in [0.3, 0.4) is 0 Å². The Labute approximate surface area is 105 Å². The fourth-order valence-corrected chi connectivity index (χ4v) is 2.10. The summed E-state index contributed by atoms with van der Waals surface area (Å²) in [5, 5.41) is 9.88. The van der Waals surface area contributed by atoms with Crippen LogP contribution in [-0.4, -0.2) is 46.3 Å². The van der Waals surface area contributed by atoms with Crippen molar-refractivity contribution in [1.29, 1.82) is 0 Å². The molecule has 1 aromatic heterocycles. The number of hydrogen-bond acceptors (Lipinski definition) is 4. The van der Waals surface area contributed by atoms with E-state index in [1.807, 2.05) is 12.3 Å². The van der Waals surface area contributed by atoms with Gasteiger partial charge in [0.05, 0.1) is 17.2 Å². The number of aliphatic hydroxyl groups excluding tert-OH is 1. The molecule has 2 rings (SSSR count). The second-order valence-electron chi connectivity index (χ2n) is 4.04. The molecule has 1 aliphatic rings. The molecule has 0 aromatic carbocycles. The normalized spacial score (nSPS) is 14.7. The zero-order valence-corrected chi connectivity index (χ0v) is 10.6. The van der Waals surface area contributed by atoms with E-state index in [-0.39, 0.29) is 12.5 Å². The molecule has 17 heavy (non-hydrogen) atoms. The molecule has 1 fully saturated rings. The first kappa shape index (κ1) is 12.4. The number of hydrogen-bond donors (Lipinski definition) is 1. The lowest BCUT2D eigenvalue weighted by atomic mass is 10.2. The maximum atomic E-state index is 12.2. The summed E-state index contributed by atoms with van der Waals surface area (Å²) < 4.78 is 0. The third-order valence-electron chi connectivity index (χ3n) is 2.78. The van der Waals surface area contributed by atoms with E-state index >= 15 is 0 Å². The van der Waals surface area contributed by atoms with Gasteiger partial charge in [0.1, 0.15) is 0 Å². The number of pyridine rings is 1. The first-order valence-corrected chi connectivity index (χ1v) is 6.90. The van der Waals surface area contributed by atoms with E-state index in [1.54, 1.807) is 28.9 Å². The van der Waals surface area contributed by atoms with Gasteiger partial charge in [-0.15, -0.1) is 11.8 Å². The molecule has 0 spiro atoms. The summed E-state index contributed by atoms with van der Waals surface area (Å²) in [6.07, 6.45) is 5.65. The molecule has 0 saturated heterocycles. The summed E-state index contributed by atoms with van der Waals surface area (Å²) in [4.78, 5) is 18.1. The van der Waals surface area contributed by atoms with E-state index in [2.05, 4.69) is 4.98 Å². The second kappa shape index (κ2) is 5.51. The van der Waals surface area contributed by atoms with Crippen molar-refractivity contribution in [3.8, 4) is 0 Å². The molecular formula is C12H16N2O2S.